The first kappa shape index (κ1) is 14.0. The summed E-state index contributed by atoms with van der Waals surface area (Å²) in [6, 6.07) is 4.04. The van der Waals surface area contributed by atoms with Crippen LogP contribution in [-0.4, -0.2) is 24.9 Å². The average molecular weight is 311 g/mol. The van der Waals surface area contributed by atoms with E-state index in [1.54, 1.807) is 0 Å². The molecular formula is C10H10BrF3N2O. The molecular weight excluding hydrogens is 301 g/mol. The molecule has 0 spiro atoms. The van der Waals surface area contributed by atoms with Gasteiger partial charge >= 0.3 is 0 Å². The quantitative estimate of drug-likeness (QED) is 0.892. The molecule has 1 amide bonds. The third kappa shape index (κ3) is 3.71. The van der Waals surface area contributed by atoms with E-state index in [-0.39, 0.29) is 10.0 Å². The molecule has 0 radical (unpaired) electrons. The van der Waals surface area contributed by atoms with Crippen molar-refractivity contribution in [1.82, 2.24) is 5.32 Å². The highest BCUT2D eigenvalue weighted by molar-refractivity contribution is 9.10. The Balaban J connectivity index is 2.74. The Morgan fingerprint density at radius 2 is 2.12 bits per heavy atom. The van der Waals surface area contributed by atoms with E-state index in [9.17, 15) is 18.0 Å². The van der Waals surface area contributed by atoms with Crippen LogP contribution in [0.4, 0.5) is 13.2 Å². The van der Waals surface area contributed by atoms with Gasteiger partial charge in [-0.05, 0) is 28.1 Å². The second-order valence-electron chi connectivity index (χ2n) is 3.34. The summed E-state index contributed by atoms with van der Waals surface area (Å²) in [5.74, 6) is -4.89. The second-order valence-corrected chi connectivity index (χ2v) is 4.20. The van der Waals surface area contributed by atoms with E-state index in [0.29, 0.717) is 0 Å². The number of hydrogen-bond acceptors (Lipinski definition) is 2. The average Bonchev–Trinajstić information content (AvgIpc) is 2.30. The Bertz CT molecular complexity index is 426. The largest absolute Gasteiger partial charge is 0.346 e. The van der Waals surface area contributed by atoms with Crippen LogP contribution in [0.5, 0.6) is 0 Å². The van der Waals surface area contributed by atoms with Crippen LogP contribution in [0.1, 0.15) is 10.4 Å². The molecule has 0 aliphatic rings. The maximum absolute atomic E-state index is 13.4. The zero-order valence-corrected chi connectivity index (χ0v) is 10.2. The molecule has 0 heterocycles. The van der Waals surface area contributed by atoms with Crippen molar-refractivity contribution in [3.8, 4) is 0 Å². The number of carbonyl (C=O) groups is 1. The lowest BCUT2D eigenvalue weighted by Gasteiger charge is -2.14. The number of nitrogens with one attached hydrogen (secondary N) is 1. The number of halogens is 4. The van der Waals surface area contributed by atoms with E-state index >= 15 is 0 Å². The summed E-state index contributed by atoms with van der Waals surface area (Å²) >= 11 is 2.90. The molecule has 0 unspecified atom stereocenters. The van der Waals surface area contributed by atoms with Crippen molar-refractivity contribution in [1.29, 1.82) is 0 Å². The molecule has 0 saturated carbocycles. The predicted octanol–water partition coefficient (Wildman–Crippen LogP) is 1.91. The van der Waals surface area contributed by atoms with Gasteiger partial charge in [-0.2, -0.15) is 0 Å². The van der Waals surface area contributed by atoms with Gasteiger partial charge < -0.3 is 11.1 Å². The van der Waals surface area contributed by atoms with Gasteiger partial charge in [0.05, 0.1) is 23.1 Å². The number of hydrogen-bond donors (Lipinski definition) is 2. The summed E-state index contributed by atoms with van der Waals surface area (Å²) in [7, 11) is 0. The first-order chi connectivity index (χ1) is 7.87. The minimum Gasteiger partial charge on any atom is -0.346 e. The number of benzene rings is 1. The smallest absolute Gasteiger partial charge is 0.277 e. The van der Waals surface area contributed by atoms with Crippen LogP contribution in [0.25, 0.3) is 0 Å². The standard InChI is InChI=1S/C10H10BrF3N2O/c11-7-3-1-2-6(8(7)12)9(17)16-5-10(13,14)4-15/h1-3H,4-5,15H2,(H,16,17). The van der Waals surface area contributed by atoms with E-state index in [4.69, 9.17) is 5.73 Å². The molecule has 1 aromatic rings. The molecule has 0 aromatic heterocycles. The molecule has 0 saturated heterocycles. The Hall–Kier alpha value is -1.08. The fraction of sp³-hybridized carbons (Fsp3) is 0.300. The molecule has 17 heavy (non-hydrogen) atoms. The number of nitrogens with two attached hydrogens (primary N) is 1. The lowest BCUT2D eigenvalue weighted by atomic mass is 10.2. The van der Waals surface area contributed by atoms with Crippen LogP contribution < -0.4 is 11.1 Å². The van der Waals surface area contributed by atoms with Crippen molar-refractivity contribution in [3.05, 3.63) is 34.1 Å². The molecule has 0 aliphatic carbocycles. The number of rotatable bonds is 4. The molecule has 3 nitrogen and oxygen atoms in total. The molecule has 0 aliphatic heterocycles. The minimum absolute atomic E-state index is 0.0933. The monoisotopic (exact) mass is 310 g/mol. The lowest BCUT2D eigenvalue weighted by molar-refractivity contribution is 0.0118. The molecule has 7 heteroatoms. The van der Waals surface area contributed by atoms with Crippen LogP contribution in [0.15, 0.2) is 22.7 Å². The topological polar surface area (TPSA) is 55.1 Å². The Morgan fingerprint density at radius 1 is 1.47 bits per heavy atom. The zero-order valence-electron chi connectivity index (χ0n) is 8.64. The highest BCUT2D eigenvalue weighted by atomic mass is 79.9. The van der Waals surface area contributed by atoms with Crippen LogP contribution in [0.2, 0.25) is 0 Å². The molecule has 3 N–H and O–H groups in total. The first-order valence-electron chi connectivity index (χ1n) is 4.67. The Kier molecular flexibility index (Phi) is 4.53. The summed E-state index contributed by atoms with van der Waals surface area (Å²) in [5.41, 5.74) is 4.50. The highest BCUT2D eigenvalue weighted by Crippen LogP contribution is 2.18. The molecule has 94 valence electrons. The van der Waals surface area contributed by atoms with Gasteiger partial charge in [-0.15, -0.1) is 0 Å². The third-order valence-corrected chi connectivity index (χ3v) is 2.61. The van der Waals surface area contributed by atoms with Crippen molar-refractivity contribution in [2.24, 2.45) is 5.73 Å². The molecule has 0 fully saturated rings. The van der Waals surface area contributed by atoms with Crippen molar-refractivity contribution in [2.75, 3.05) is 13.1 Å². The van der Waals surface area contributed by atoms with Crippen molar-refractivity contribution in [3.63, 3.8) is 0 Å². The third-order valence-electron chi connectivity index (χ3n) is 2.00. The molecule has 1 rings (SSSR count). The second kappa shape index (κ2) is 5.50. The zero-order chi connectivity index (χ0) is 13.1. The van der Waals surface area contributed by atoms with Crippen molar-refractivity contribution in [2.45, 2.75) is 5.92 Å². The fourth-order valence-electron chi connectivity index (χ4n) is 1.06. The van der Waals surface area contributed by atoms with Crippen LogP contribution in [0, 0.1) is 5.82 Å². The highest BCUT2D eigenvalue weighted by Gasteiger charge is 2.27. The molecule has 0 bridgehead atoms. The van der Waals surface area contributed by atoms with Gasteiger partial charge in [-0.25, -0.2) is 13.2 Å². The van der Waals surface area contributed by atoms with E-state index in [0.717, 1.165) is 0 Å². The van der Waals surface area contributed by atoms with Crippen molar-refractivity contribution < 1.29 is 18.0 Å². The van der Waals surface area contributed by atoms with E-state index in [1.165, 1.54) is 18.2 Å². The summed E-state index contributed by atoms with van der Waals surface area (Å²) in [4.78, 5) is 11.4. The van der Waals surface area contributed by atoms with Gasteiger partial charge in [0.25, 0.3) is 11.8 Å². The summed E-state index contributed by atoms with van der Waals surface area (Å²) in [6.07, 6.45) is 0. The molecule has 1 aromatic carbocycles. The Morgan fingerprint density at radius 3 is 2.71 bits per heavy atom. The minimum atomic E-state index is -3.20. The predicted molar refractivity (Wildman–Crippen MR) is 60.4 cm³/mol. The van der Waals surface area contributed by atoms with Gasteiger partial charge in [0.1, 0.15) is 5.82 Å². The summed E-state index contributed by atoms with van der Waals surface area (Å²) < 4.78 is 39.1. The van der Waals surface area contributed by atoms with Gasteiger partial charge in [0.2, 0.25) is 0 Å². The van der Waals surface area contributed by atoms with Gasteiger partial charge in [-0.3, -0.25) is 4.79 Å². The van der Waals surface area contributed by atoms with Crippen LogP contribution in [-0.2, 0) is 0 Å². The van der Waals surface area contributed by atoms with Crippen LogP contribution in [0.3, 0.4) is 0 Å². The summed E-state index contributed by atoms with van der Waals surface area (Å²) in [5, 5.41) is 1.93. The van der Waals surface area contributed by atoms with Gasteiger partial charge in [0.15, 0.2) is 0 Å². The van der Waals surface area contributed by atoms with Crippen LogP contribution >= 0.6 is 15.9 Å². The Labute approximate surface area is 104 Å². The first-order valence-corrected chi connectivity index (χ1v) is 5.47. The SMILES string of the molecule is NCC(F)(F)CNC(=O)c1cccc(Br)c1F. The van der Waals surface area contributed by atoms with E-state index < -0.39 is 30.7 Å². The number of amides is 1. The van der Waals surface area contributed by atoms with E-state index in [1.807, 2.05) is 5.32 Å². The van der Waals surface area contributed by atoms with Gasteiger partial charge in [0, 0.05) is 0 Å². The lowest BCUT2D eigenvalue weighted by Crippen LogP contribution is -2.41. The maximum Gasteiger partial charge on any atom is 0.277 e. The van der Waals surface area contributed by atoms with E-state index in [2.05, 4.69) is 15.9 Å². The molecule has 0 atom stereocenters. The number of alkyl halides is 2. The normalized spacial score (nSPS) is 11.4. The summed E-state index contributed by atoms with van der Waals surface area (Å²) in [6.45, 7) is -1.80. The van der Waals surface area contributed by atoms with Crippen molar-refractivity contribution >= 4 is 21.8 Å². The number of carbonyl (C=O) groups excluding carboxylic acids is 1. The fourth-order valence-corrected chi connectivity index (χ4v) is 1.42. The van der Waals surface area contributed by atoms with Gasteiger partial charge in [-0.1, -0.05) is 6.07 Å². The maximum atomic E-state index is 13.4.